The van der Waals surface area contributed by atoms with Gasteiger partial charge in [-0.15, -0.1) is 0 Å². The third-order valence-electron chi connectivity index (χ3n) is 6.33. The number of carbonyl (C=O) groups excluding carboxylic acids is 1. The first-order valence-electron chi connectivity index (χ1n) is 8.87. The molecule has 2 fully saturated rings. The predicted molar refractivity (Wildman–Crippen MR) is 88.7 cm³/mol. The van der Waals surface area contributed by atoms with Crippen LogP contribution in [0.2, 0.25) is 0 Å². The number of ether oxygens (including phenoxy) is 1. The minimum Gasteiger partial charge on any atom is -0.388 e. The summed E-state index contributed by atoms with van der Waals surface area (Å²) in [5, 5.41) is 10.3. The average Bonchev–Trinajstić information content (AvgIpc) is 2.85. The number of ketones is 1. The normalized spacial score (nSPS) is 32.1. The number of carbonyl (C=O) groups is 1. The Balaban J connectivity index is 1.92. The summed E-state index contributed by atoms with van der Waals surface area (Å²) >= 11 is 0. The van der Waals surface area contributed by atoms with Gasteiger partial charge in [-0.3, -0.25) is 4.79 Å². The van der Waals surface area contributed by atoms with E-state index in [9.17, 15) is 9.90 Å². The van der Waals surface area contributed by atoms with Crippen molar-refractivity contribution in [3.63, 3.8) is 0 Å². The second kappa shape index (κ2) is 6.84. The summed E-state index contributed by atoms with van der Waals surface area (Å²) in [4.78, 5) is 12.2. The van der Waals surface area contributed by atoms with Crippen LogP contribution in [-0.2, 0) is 9.53 Å². The summed E-state index contributed by atoms with van der Waals surface area (Å²) in [5.41, 5.74) is 0.472. The molecule has 2 saturated carbocycles. The van der Waals surface area contributed by atoms with Crippen molar-refractivity contribution in [2.75, 3.05) is 13.2 Å². The molecule has 0 heterocycles. The molecule has 22 heavy (non-hydrogen) atoms. The van der Waals surface area contributed by atoms with Gasteiger partial charge in [-0.2, -0.15) is 0 Å². The van der Waals surface area contributed by atoms with Gasteiger partial charge in [0.15, 0.2) is 0 Å². The van der Waals surface area contributed by atoms with Crippen LogP contribution in [0.1, 0.15) is 65.7 Å². The number of hydrogen-bond acceptors (Lipinski definition) is 3. The van der Waals surface area contributed by atoms with Crippen molar-refractivity contribution in [1.82, 2.24) is 0 Å². The molecule has 3 atom stereocenters. The fourth-order valence-electron chi connectivity index (χ4n) is 4.53. The minimum atomic E-state index is -0.719. The number of Topliss-reactive ketones (excluding diaryl/α,β-unsaturated/α-hetero) is 1. The first-order valence-corrected chi connectivity index (χ1v) is 8.87. The van der Waals surface area contributed by atoms with Gasteiger partial charge < -0.3 is 9.84 Å². The summed E-state index contributed by atoms with van der Waals surface area (Å²) in [5.74, 6) is 1.07. The van der Waals surface area contributed by atoms with Gasteiger partial charge in [-0.05, 0) is 55.4 Å². The Morgan fingerprint density at radius 1 is 1.41 bits per heavy atom. The molecule has 3 heteroatoms. The van der Waals surface area contributed by atoms with Crippen LogP contribution in [0.4, 0.5) is 0 Å². The molecule has 3 nitrogen and oxygen atoms in total. The molecule has 0 amide bonds. The van der Waals surface area contributed by atoms with Crippen LogP contribution in [0.25, 0.3) is 0 Å². The lowest BCUT2D eigenvalue weighted by molar-refractivity contribution is -0.129. The molecule has 0 spiro atoms. The highest BCUT2D eigenvalue weighted by Crippen LogP contribution is 2.56. The highest BCUT2D eigenvalue weighted by Gasteiger charge is 2.51. The Hall–Kier alpha value is -0.670. The van der Waals surface area contributed by atoms with E-state index >= 15 is 0 Å². The molecular weight excluding hydrogens is 276 g/mol. The van der Waals surface area contributed by atoms with Gasteiger partial charge in [0.2, 0.25) is 0 Å². The van der Waals surface area contributed by atoms with Gasteiger partial charge in [-0.1, -0.05) is 27.4 Å². The Kier molecular flexibility index (Phi) is 5.50. The van der Waals surface area contributed by atoms with Crippen LogP contribution < -0.4 is 0 Å². The first kappa shape index (κ1) is 17.7. The molecule has 2 rings (SSSR count). The van der Waals surface area contributed by atoms with E-state index in [1.165, 1.54) is 0 Å². The molecule has 0 bridgehead atoms. The van der Waals surface area contributed by atoms with E-state index in [2.05, 4.69) is 13.5 Å². The van der Waals surface area contributed by atoms with Crippen molar-refractivity contribution in [3.05, 3.63) is 12.2 Å². The van der Waals surface area contributed by atoms with Crippen molar-refractivity contribution in [3.8, 4) is 0 Å². The van der Waals surface area contributed by atoms with Crippen molar-refractivity contribution < 1.29 is 14.6 Å². The molecule has 1 N–H and O–H groups in total. The fraction of sp³-hybridized carbons (Fsp3) is 0.842. The summed E-state index contributed by atoms with van der Waals surface area (Å²) in [6.07, 6.45) is 6.37. The molecule has 2 aliphatic rings. The van der Waals surface area contributed by atoms with Crippen molar-refractivity contribution in [2.45, 2.75) is 71.3 Å². The molecule has 0 radical (unpaired) electrons. The van der Waals surface area contributed by atoms with Gasteiger partial charge in [0.25, 0.3) is 0 Å². The Bertz CT molecular complexity index is 424. The second-order valence-electron chi connectivity index (χ2n) is 7.59. The Morgan fingerprint density at radius 3 is 2.73 bits per heavy atom. The van der Waals surface area contributed by atoms with Crippen LogP contribution in [0, 0.1) is 17.3 Å². The molecule has 3 unspecified atom stereocenters. The maximum Gasteiger partial charge on any atom is 0.136 e. The molecule has 0 aromatic heterocycles. The molecule has 126 valence electrons. The third kappa shape index (κ3) is 3.30. The van der Waals surface area contributed by atoms with E-state index in [1.807, 2.05) is 13.8 Å². The van der Waals surface area contributed by atoms with Crippen LogP contribution >= 0.6 is 0 Å². The van der Waals surface area contributed by atoms with Crippen LogP contribution in [0.3, 0.4) is 0 Å². The molecule has 2 aliphatic carbocycles. The molecule has 0 aromatic rings. The van der Waals surface area contributed by atoms with Gasteiger partial charge in [0.1, 0.15) is 5.78 Å². The van der Waals surface area contributed by atoms with Crippen LogP contribution in [0.15, 0.2) is 12.2 Å². The lowest BCUT2D eigenvalue weighted by Crippen LogP contribution is -2.38. The van der Waals surface area contributed by atoms with Crippen molar-refractivity contribution >= 4 is 5.78 Å². The van der Waals surface area contributed by atoms with E-state index in [0.29, 0.717) is 37.8 Å². The lowest BCUT2D eigenvalue weighted by atomic mass is 9.63. The molecule has 0 aromatic carbocycles. The van der Waals surface area contributed by atoms with E-state index < -0.39 is 5.60 Å². The zero-order valence-electron chi connectivity index (χ0n) is 14.5. The van der Waals surface area contributed by atoms with Crippen molar-refractivity contribution in [1.29, 1.82) is 0 Å². The largest absolute Gasteiger partial charge is 0.388 e. The highest BCUT2D eigenvalue weighted by molar-refractivity contribution is 5.83. The quantitative estimate of drug-likeness (QED) is 0.726. The van der Waals surface area contributed by atoms with E-state index in [-0.39, 0.29) is 11.3 Å². The predicted octanol–water partition coefficient (Wildman–Crippen LogP) is 3.90. The SMILES string of the molecule is C=C(COCC(O)(CC)CC)C1CCC2C(=O)CCCC12C. The van der Waals surface area contributed by atoms with Gasteiger partial charge >= 0.3 is 0 Å². The van der Waals surface area contributed by atoms with E-state index in [0.717, 1.165) is 37.7 Å². The summed E-state index contributed by atoms with van der Waals surface area (Å²) < 4.78 is 5.77. The van der Waals surface area contributed by atoms with Crippen molar-refractivity contribution in [2.24, 2.45) is 17.3 Å². The van der Waals surface area contributed by atoms with Gasteiger partial charge in [0, 0.05) is 12.3 Å². The number of rotatable bonds is 7. The van der Waals surface area contributed by atoms with Crippen LogP contribution in [0.5, 0.6) is 0 Å². The number of fused-ring (bicyclic) bond motifs is 1. The monoisotopic (exact) mass is 308 g/mol. The Morgan fingerprint density at radius 2 is 2.09 bits per heavy atom. The third-order valence-corrected chi connectivity index (χ3v) is 6.33. The summed E-state index contributed by atoms with van der Waals surface area (Å²) in [6, 6.07) is 0. The topological polar surface area (TPSA) is 46.5 Å². The van der Waals surface area contributed by atoms with E-state index in [1.54, 1.807) is 0 Å². The highest BCUT2D eigenvalue weighted by atomic mass is 16.5. The average molecular weight is 308 g/mol. The summed E-state index contributed by atoms with van der Waals surface area (Å²) in [6.45, 7) is 11.4. The number of aliphatic hydroxyl groups is 1. The van der Waals surface area contributed by atoms with Gasteiger partial charge in [0.05, 0.1) is 18.8 Å². The standard InChI is InChI=1S/C19H32O3/c1-5-19(21,6-2)13-22-12-14(3)15-9-10-16-17(20)8-7-11-18(15,16)4/h15-16,21H,3,5-13H2,1-2,4H3. The zero-order chi connectivity index (χ0) is 16.4. The molecular formula is C19H32O3. The fourth-order valence-corrected chi connectivity index (χ4v) is 4.53. The maximum atomic E-state index is 12.2. The summed E-state index contributed by atoms with van der Waals surface area (Å²) in [7, 11) is 0. The zero-order valence-corrected chi connectivity index (χ0v) is 14.5. The first-order chi connectivity index (χ1) is 10.4. The van der Waals surface area contributed by atoms with E-state index in [4.69, 9.17) is 4.74 Å². The Labute approximate surface area is 135 Å². The smallest absolute Gasteiger partial charge is 0.136 e. The van der Waals surface area contributed by atoms with Crippen LogP contribution in [-0.4, -0.2) is 29.7 Å². The maximum absolute atomic E-state index is 12.2. The number of hydrogen-bond donors (Lipinski definition) is 1. The van der Waals surface area contributed by atoms with Gasteiger partial charge in [-0.25, -0.2) is 0 Å². The molecule has 0 saturated heterocycles. The second-order valence-corrected chi connectivity index (χ2v) is 7.59. The molecule has 0 aliphatic heterocycles. The minimum absolute atomic E-state index is 0.0849. The lowest BCUT2D eigenvalue weighted by Gasteiger charge is -2.40.